The van der Waals surface area contributed by atoms with Crippen molar-refractivity contribution in [3.8, 4) is 0 Å². The van der Waals surface area contributed by atoms with E-state index in [1.54, 1.807) is 22.5 Å². The smallest absolute Gasteiger partial charge is 0.407 e. The quantitative estimate of drug-likeness (QED) is 0.526. The van der Waals surface area contributed by atoms with Crippen LogP contribution >= 0.6 is 0 Å². The minimum Gasteiger partial charge on any atom is -0.444 e. The molecule has 1 aliphatic rings. The molecule has 0 spiro atoms. The van der Waals surface area contributed by atoms with Crippen LogP contribution in [0, 0.1) is 11.8 Å². The number of alkyl carbamates (subject to hydrolysis) is 1. The summed E-state index contributed by atoms with van der Waals surface area (Å²) in [6, 6.07) is 13.1. The summed E-state index contributed by atoms with van der Waals surface area (Å²) in [6.07, 6.45) is 5.04. The summed E-state index contributed by atoms with van der Waals surface area (Å²) in [4.78, 5) is 12.2. The molecule has 0 saturated heterocycles. The topological polar surface area (TPSA) is 75.7 Å². The lowest BCUT2D eigenvalue weighted by Crippen LogP contribution is -2.38. The molecule has 0 unspecified atom stereocenters. The molecule has 33 heavy (non-hydrogen) atoms. The van der Waals surface area contributed by atoms with Crippen LogP contribution in [0.3, 0.4) is 0 Å². The number of carbonyl (C=O) groups is 1. The maximum absolute atomic E-state index is 13.4. The monoisotopic (exact) mass is 472 g/mol. The van der Waals surface area contributed by atoms with Crippen LogP contribution in [0.4, 0.5) is 4.79 Å². The molecule has 1 N–H and O–H groups in total. The largest absolute Gasteiger partial charge is 0.444 e. The van der Waals surface area contributed by atoms with Crippen LogP contribution in [0.2, 0.25) is 0 Å². The number of hydrogen-bond donors (Lipinski definition) is 1. The Labute approximate surface area is 198 Å². The molecule has 7 heteroatoms. The summed E-state index contributed by atoms with van der Waals surface area (Å²) < 4.78 is 33.7. The summed E-state index contributed by atoms with van der Waals surface area (Å²) in [6.45, 7) is 10.7. The Morgan fingerprint density at radius 2 is 1.73 bits per heavy atom. The average molecular weight is 473 g/mol. The van der Waals surface area contributed by atoms with E-state index in [9.17, 15) is 13.2 Å². The van der Waals surface area contributed by atoms with Crippen molar-refractivity contribution in [2.24, 2.45) is 11.8 Å². The molecule has 0 aromatic heterocycles. The van der Waals surface area contributed by atoms with Crippen LogP contribution in [-0.2, 0) is 14.8 Å². The van der Waals surface area contributed by atoms with Gasteiger partial charge in [-0.25, -0.2) is 13.2 Å². The third kappa shape index (κ3) is 7.05. The first kappa shape index (κ1) is 25.2. The van der Waals surface area contributed by atoms with E-state index >= 15 is 0 Å². The predicted octanol–water partition coefficient (Wildman–Crippen LogP) is 5.35. The van der Waals surface area contributed by atoms with Gasteiger partial charge in [-0.1, -0.05) is 36.4 Å². The number of nitrogens with zero attached hydrogens (tertiary/aromatic N) is 1. The van der Waals surface area contributed by atoms with Crippen molar-refractivity contribution in [3.05, 3.63) is 55.1 Å². The van der Waals surface area contributed by atoms with E-state index in [0.717, 1.165) is 36.5 Å². The van der Waals surface area contributed by atoms with Crippen molar-refractivity contribution in [3.63, 3.8) is 0 Å². The first-order chi connectivity index (χ1) is 15.6. The molecule has 3 rings (SSSR count). The van der Waals surface area contributed by atoms with Crippen molar-refractivity contribution < 1.29 is 17.9 Å². The lowest BCUT2D eigenvalue weighted by atomic mass is 9.82. The molecule has 0 atom stereocenters. The number of nitrogens with one attached hydrogen (secondary N) is 1. The molecule has 0 radical (unpaired) electrons. The molecule has 6 nitrogen and oxygen atoms in total. The molecule has 0 aliphatic heterocycles. The normalized spacial score (nSPS) is 19.4. The molecule has 1 aliphatic carbocycles. The van der Waals surface area contributed by atoms with Gasteiger partial charge in [-0.05, 0) is 81.2 Å². The highest BCUT2D eigenvalue weighted by Crippen LogP contribution is 2.31. The van der Waals surface area contributed by atoms with Crippen LogP contribution < -0.4 is 5.32 Å². The zero-order valence-electron chi connectivity index (χ0n) is 19.9. The van der Waals surface area contributed by atoms with E-state index in [1.165, 1.54) is 0 Å². The zero-order chi connectivity index (χ0) is 24.1. The van der Waals surface area contributed by atoms with Crippen LogP contribution in [0.1, 0.15) is 46.5 Å². The number of carbonyl (C=O) groups excluding carboxylic acids is 1. The number of hydrogen-bond acceptors (Lipinski definition) is 4. The molecule has 0 heterocycles. The molecule has 2 aromatic carbocycles. The second-order valence-electron chi connectivity index (χ2n) is 9.89. The summed E-state index contributed by atoms with van der Waals surface area (Å²) >= 11 is 0. The first-order valence-electron chi connectivity index (χ1n) is 11.6. The summed E-state index contributed by atoms with van der Waals surface area (Å²) in [7, 11) is -3.62. The standard InChI is InChI=1S/C26H36N2O4S/c1-5-16-28(33(30,31)24-15-14-22-8-6-7-9-23(22)17-24)19-21-12-10-20(11-13-21)18-27-25(29)32-26(2,3)4/h5-9,14-15,17,20-21H,1,10-13,16,18-19H2,2-4H3,(H,27,29). The van der Waals surface area contributed by atoms with Gasteiger partial charge in [0.2, 0.25) is 10.0 Å². The van der Waals surface area contributed by atoms with E-state index < -0.39 is 15.6 Å². The molecular weight excluding hydrogens is 436 g/mol. The van der Waals surface area contributed by atoms with Gasteiger partial charge in [0.15, 0.2) is 0 Å². The van der Waals surface area contributed by atoms with Gasteiger partial charge in [-0.15, -0.1) is 6.58 Å². The summed E-state index contributed by atoms with van der Waals surface area (Å²) in [5.74, 6) is 0.677. The van der Waals surface area contributed by atoms with Crippen molar-refractivity contribution in [2.75, 3.05) is 19.6 Å². The Morgan fingerprint density at radius 3 is 2.36 bits per heavy atom. The fourth-order valence-corrected chi connectivity index (χ4v) is 5.86. The van der Waals surface area contributed by atoms with Gasteiger partial charge in [-0.3, -0.25) is 0 Å². The maximum Gasteiger partial charge on any atom is 0.407 e. The van der Waals surface area contributed by atoms with Crippen LogP contribution in [0.25, 0.3) is 10.8 Å². The van der Waals surface area contributed by atoms with Crippen LogP contribution in [0.5, 0.6) is 0 Å². The SMILES string of the molecule is C=CCN(CC1CCC(CNC(=O)OC(C)(C)C)CC1)S(=O)(=O)c1ccc2ccccc2c1. The highest BCUT2D eigenvalue weighted by molar-refractivity contribution is 7.89. The molecule has 1 amide bonds. The number of fused-ring (bicyclic) bond motifs is 1. The third-order valence-corrected chi connectivity index (χ3v) is 7.88. The number of amides is 1. The van der Waals surface area contributed by atoms with Gasteiger partial charge >= 0.3 is 6.09 Å². The predicted molar refractivity (Wildman–Crippen MR) is 133 cm³/mol. The fraction of sp³-hybridized carbons (Fsp3) is 0.500. The summed E-state index contributed by atoms with van der Waals surface area (Å²) in [5.41, 5.74) is -0.507. The van der Waals surface area contributed by atoms with Gasteiger partial charge in [0, 0.05) is 19.6 Å². The fourth-order valence-electron chi connectivity index (χ4n) is 4.34. The molecule has 0 bridgehead atoms. The van der Waals surface area contributed by atoms with Gasteiger partial charge < -0.3 is 10.1 Å². The van der Waals surface area contributed by atoms with E-state index in [1.807, 2.05) is 51.1 Å². The molecule has 1 saturated carbocycles. The number of rotatable bonds is 8. The second kappa shape index (κ2) is 10.7. The highest BCUT2D eigenvalue weighted by Gasteiger charge is 2.29. The Hall–Kier alpha value is -2.38. The zero-order valence-corrected chi connectivity index (χ0v) is 20.7. The Kier molecular flexibility index (Phi) is 8.19. The van der Waals surface area contributed by atoms with Gasteiger partial charge in [0.25, 0.3) is 0 Å². The number of benzene rings is 2. The second-order valence-corrected chi connectivity index (χ2v) is 11.8. The number of sulfonamides is 1. The van der Waals surface area contributed by atoms with E-state index in [-0.39, 0.29) is 18.6 Å². The van der Waals surface area contributed by atoms with E-state index in [0.29, 0.717) is 23.9 Å². The van der Waals surface area contributed by atoms with Crippen LogP contribution in [0.15, 0.2) is 60.0 Å². The van der Waals surface area contributed by atoms with Crippen molar-refractivity contribution in [1.82, 2.24) is 9.62 Å². The molecule has 2 aromatic rings. The van der Waals surface area contributed by atoms with Crippen molar-refractivity contribution in [2.45, 2.75) is 57.0 Å². The minimum absolute atomic E-state index is 0.287. The Balaban J connectivity index is 1.59. The Bertz CT molecular complexity index is 1070. The van der Waals surface area contributed by atoms with Gasteiger partial charge in [0.1, 0.15) is 5.60 Å². The maximum atomic E-state index is 13.4. The number of ether oxygens (including phenoxy) is 1. The van der Waals surface area contributed by atoms with Crippen molar-refractivity contribution >= 4 is 26.9 Å². The van der Waals surface area contributed by atoms with Crippen molar-refractivity contribution in [1.29, 1.82) is 0 Å². The van der Waals surface area contributed by atoms with Gasteiger partial charge in [-0.2, -0.15) is 4.31 Å². The van der Waals surface area contributed by atoms with Gasteiger partial charge in [0.05, 0.1) is 4.90 Å². The molecule has 180 valence electrons. The highest BCUT2D eigenvalue weighted by atomic mass is 32.2. The first-order valence-corrected chi connectivity index (χ1v) is 13.1. The average Bonchev–Trinajstić information content (AvgIpc) is 2.77. The lowest BCUT2D eigenvalue weighted by molar-refractivity contribution is 0.0513. The summed E-state index contributed by atoms with van der Waals surface area (Å²) in [5, 5.41) is 4.80. The van der Waals surface area contributed by atoms with Crippen LogP contribution in [-0.4, -0.2) is 44.1 Å². The lowest BCUT2D eigenvalue weighted by Gasteiger charge is -2.32. The minimum atomic E-state index is -3.62. The third-order valence-electron chi connectivity index (χ3n) is 6.05. The Morgan fingerprint density at radius 1 is 1.09 bits per heavy atom. The molecular formula is C26H36N2O4S. The van der Waals surface area contributed by atoms with E-state index in [2.05, 4.69) is 11.9 Å². The van der Waals surface area contributed by atoms with E-state index in [4.69, 9.17) is 4.74 Å². The molecule has 1 fully saturated rings.